The molecule has 0 bridgehead atoms. The Hall–Kier alpha value is -3.06. The molecule has 0 saturated carbocycles. The van der Waals surface area contributed by atoms with Crippen LogP contribution >= 0.6 is 11.6 Å². The average Bonchev–Trinajstić information content (AvgIpc) is 3.40. The van der Waals surface area contributed by atoms with E-state index in [1.54, 1.807) is 13.1 Å². The van der Waals surface area contributed by atoms with Gasteiger partial charge in [-0.05, 0) is 23.8 Å². The van der Waals surface area contributed by atoms with Crippen LogP contribution in [-0.4, -0.2) is 47.8 Å². The first-order chi connectivity index (χ1) is 14.8. The summed E-state index contributed by atoms with van der Waals surface area (Å²) in [5.74, 6) is 0.768. The van der Waals surface area contributed by atoms with Crippen molar-refractivity contribution in [2.45, 2.75) is 26.3 Å². The smallest absolute Gasteiger partial charge is 0.262 e. The first-order valence-corrected chi connectivity index (χ1v) is 10.5. The van der Waals surface area contributed by atoms with Crippen LogP contribution in [0.5, 0.6) is 11.5 Å². The van der Waals surface area contributed by atoms with Crippen LogP contribution in [0.3, 0.4) is 0 Å². The molecule has 2 heterocycles. The summed E-state index contributed by atoms with van der Waals surface area (Å²) in [6, 6.07) is 12.7. The number of fused-ring (bicyclic) bond motifs is 1. The van der Waals surface area contributed by atoms with Gasteiger partial charge in [-0.3, -0.25) is 9.59 Å². The lowest BCUT2D eigenvalue weighted by Gasteiger charge is -2.25. The van der Waals surface area contributed by atoms with Crippen molar-refractivity contribution in [2.24, 2.45) is 11.0 Å². The third-order valence-electron chi connectivity index (χ3n) is 5.37. The molecule has 0 N–H and O–H groups in total. The molecular weight excluding hydrogens is 418 g/mol. The zero-order valence-corrected chi connectivity index (χ0v) is 18.4. The highest BCUT2D eigenvalue weighted by Gasteiger charge is 2.35. The second kappa shape index (κ2) is 8.59. The van der Waals surface area contributed by atoms with Crippen LogP contribution in [-0.2, 0) is 9.59 Å². The van der Waals surface area contributed by atoms with E-state index in [-0.39, 0.29) is 37.1 Å². The molecule has 8 heteroatoms. The molecular formula is C23H24ClN3O4. The van der Waals surface area contributed by atoms with Crippen molar-refractivity contribution in [3.63, 3.8) is 0 Å². The lowest BCUT2D eigenvalue weighted by molar-refractivity contribution is -0.142. The quantitative estimate of drug-likeness (QED) is 0.706. The summed E-state index contributed by atoms with van der Waals surface area (Å²) in [4.78, 5) is 26.9. The van der Waals surface area contributed by atoms with E-state index in [0.717, 1.165) is 16.8 Å². The first-order valence-electron chi connectivity index (χ1n) is 10.1. The highest BCUT2D eigenvalue weighted by atomic mass is 35.5. The number of carbonyl (C=O) groups is 2. The van der Waals surface area contributed by atoms with Crippen molar-refractivity contribution in [3.05, 3.63) is 58.6 Å². The highest BCUT2D eigenvalue weighted by molar-refractivity contribution is 6.34. The maximum atomic E-state index is 13.2. The maximum Gasteiger partial charge on any atom is 0.262 e. The van der Waals surface area contributed by atoms with Gasteiger partial charge in [-0.2, -0.15) is 5.10 Å². The maximum absolute atomic E-state index is 13.2. The fourth-order valence-corrected chi connectivity index (χ4v) is 4.02. The normalized spacial score (nSPS) is 17.1. The van der Waals surface area contributed by atoms with Gasteiger partial charge in [0.1, 0.15) is 6.54 Å². The number of benzene rings is 2. The molecule has 0 spiro atoms. The molecule has 0 aliphatic carbocycles. The Balaban J connectivity index is 1.65. The monoisotopic (exact) mass is 441 g/mol. The van der Waals surface area contributed by atoms with Gasteiger partial charge in [-0.25, -0.2) is 5.01 Å². The molecule has 0 fully saturated rings. The summed E-state index contributed by atoms with van der Waals surface area (Å²) in [6.07, 6.45) is 0.497. The summed E-state index contributed by atoms with van der Waals surface area (Å²) >= 11 is 6.39. The minimum atomic E-state index is -0.337. The Labute approximate surface area is 186 Å². The van der Waals surface area contributed by atoms with Crippen molar-refractivity contribution in [3.8, 4) is 11.5 Å². The Bertz CT molecular complexity index is 1050. The zero-order chi connectivity index (χ0) is 22.1. The van der Waals surface area contributed by atoms with Gasteiger partial charge in [0.05, 0.1) is 11.8 Å². The number of hydrogen-bond donors (Lipinski definition) is 0. The summed E-state index contributed by atoms with van der Waals surface area (Å²) in [7, 11) is 1.63. The number of ether oxygens (including phenoxy) is 2. The molecule has 31 heavy (non-hydrogen) atoms. The van der Waals surface area contributed by atoms with Crippen molar-refractivity contribution in [2.75, 3.05) is 20.4 Å². The third kappa shape index (κ3) is 4.23. The minimum Gasteiger partial charge on any atom is -0.454 e. The van der Waals surface area contributed by atoms with Crippen molar-refractivity contribution < 1.29 is 19.1 Å². The third-order valence-corrected chi connectivity index (χ3v) is 5.70. The van der Waals surface area contributed by atoms with Crippen LogP contribution in [0.25, 0.3) is 0 Å². The van der Waals surface area contributed by atoms with Gasteiger partial charge in [0.2, 0.25) is 12.7 Å². The van der Waals surface area contributed by atoms with Gasteiger partial charge in [-0.15, -0.1) is 0 Å². The SMILES string of the molecule is CC(C)C(=O)N(C)CC(=O)N1N=C(c2ccccc2Cl)C[C@H]1c1ccc2c(c1)OCO2. The molecule has 0 saturated heterocycles. The number of halogens is 1. The lowest BCUT2D eigenvalue weighted by atomic mass is 9.98. The molecule has 0 aromatic heterocycles. The number of amides is 2. The van der Waals surface area contributed by atoms with Crippen LogP contribution in [0.15, 0.2) is 47.6 Å². The molecule has 162 valence electrons. The summed E-state index contributed by atoms with van der Waals surface area (Å²) in [5, 5.41) is 6.67. The van der Waals surface area contributed by atoms with E-state index in [9.17, 15) is 9.59 Å². The van der Waals surface area contributed by atoms with E-state index in [2.05, 4.69) is 5.10 Å². The molecule has 0 radical (unpaired) electrons. The first kappa shape index (κ1) is 21.2. The van der Waals surface area contributed by atoms with Crippen molar-refractivity contribution in [1.29, 1.82) is 0 Å². The zero-order valence-electron chi connectivity index (χ0n) is 17.7. The molecule has 1 atom stereocenters. The molecule has 0 unspecified atom stereocenters. The molecule has 2 aliphatic heterocycles. The minimum absolute atomic E-state index is 0.0582. The molecule has 2 aromatic carbocycles. The fraction of sp³-hybridized carbons (Fsp3) is 0.348. The largest absolute Gasteiger partial charge is 0.454 e. The van der Waals surface area contributed by atoms with Gasteiger partial charge in [0, 0.05) is 30.0 Å². The number of likely N-dealkylation sites (N-methyl/N-ethyl adjacent to an activating group) is 1. The van der Waals surface area contributed by atoms with E-state index < -0.39 is 0 Å². The van der Waals surface area contributed by atoms with Crippen LogP contribution in [0.1, 0.15) is 37.4 Å². The molecule has 4 rings (SSSR count). The number of carbonyl (C=O) groups excluding carboxylic acids is 2. The van der Waals surface area contributed by atoms with Gasteiger partial charge in [0.25, 0.3) is 5.91 Å². The Morgan fingerprint density at radius 3 is 2.68 bits per heavy atom. The van der Waals surface area contributed by atoms with Crippen molar-refractivity contribution in [1.82, 2.24) is 9.91 Å². The second-order valence-electron chi connectivity index (χ2n) is 7.95. The van der Waals surface area contributed by atoms with Gasteiger partial charge in [-0.1, -0.05) is 49.7 Å². The van der Waals surface area contributed by atoms with E-state index >= 15 is 0 Å². The van der Waals surface area contributed by atoms with Crippen molar-refractivity contribution >= 4 is 29.1 Å². The van der Waals surface area contributed by atoms with E-state index in [0.29, 0.717) is 22.9 Å². The van der Waals surface area contributed by atoms with Gasteiger partial charge in [0.15, 0.2) is 11.5 Å². The average molecular weight is 442 g/mol. The summed E-state index contributed by atoms with van der Waals surface area (Å²) in [5.41, 5.74) is 2.39. The van der Waals surface area contributed by atoms with Crippen LogP contribution < -0.4 is 9.47 Å². The standard InChI is InChI=1S/C23H24ClN3O4/c1-14(2)23(29)26(3)12-22(28)27-19(15-8-9-20-21(10-15)31-13-30-20)11-18(25-27)16-6-4-5-7-17(16)24/h4-10,14,19H,11-13H2,1-3H3/t19-/m0/s1. The summed E-state index contributed by atoms with van der Waals surface area (Å²) < 4.78 is 10.9. The van der Waals surface area contributed by atoms with Crippen LogP contribution in [0.2, 0.25) is 5.02 Å². The Kier molecular flexibility index (Phi) is 5.87. The number of hydrogen-bond acceptors (Lipinski definition) is 5. The topological polar surface area (TPSA) is 71.4 Å². The molecule has 2 amide bonds. The predicted molar refractivity (Wildman–Crippen MR) is 117 cm³/mol. The molecule has 7 nitrogen and oxygen atoms in total. The number of rotatable bonds is 5. The molecule has 2 aromatic rings. The predicted octanol–water partition coefficient (Wildman–Crippen LogP) is 3.86. The van der Waals surface area contributed by atoms with Crippen LogP contribution in [0, 0.1) is 5.92 Å². The van der Waals surface area contributed by atoms with E-state index in [1.807, 2.05) is 50.2 Å². The fourth-order valence-electron chi connectivity index (χ4n) is 3.77. The van der Waals surface area contributed by atoms with E-state index in [4.69, 9.17) is 21.1 Å². The van der Waals surface area contributed by atoms with E-state index in [1.165, 1.54) is 9.91 Å². The lowest BCUT2D eigenvalue weighted by Crippen LogP contribution is -2.40. The van der Waals surface area contributed by atoms with Gasteiger partial charge >= 0.3 is 0 Å². The summed E-state index contributed by atoms with van der Waals surface area (Å²) in [6.45, 7) is 3.73. The number of nitrogens with zero attached hydrogens (tertiary/aromatic N) is 3. The highest BCUT2D eigenvalue weighted by Crippen LogP contribution is 2.39. The molecule has 2 aliphatic rings. The van der Waals surface area contributed by atoms with Crippen LogP contribution in [0.4, 0.5) is 0 Å². The Morgan fingerprint density at radius 2 is 1.94 bits per heavy atom. The van der Waals surface area contributed by atoms with Gasteiger partial charge < -0.3 is 14.4 Å². The second-order valence-corrected chi connectivity index (χ2v) is 8.35. The number of hydrazone groups is 1. The Morgan fingerprint density at radius 1 is 1.19 bits per heavy atom.